The molecule has 34 heavy (non-hydrogen) atoms. The zero-order valence-electron chi connectivity index (χ0n) is 20.5. The highest BCUT2D eigenvalue weighted by Gasteiger charge is 2.18. The van der Waals surface area contributed by atoms with Crippen molar-refractivity contribution in [3.05, 3.63) is 65.7 Å². The number of carbonyl (C=O) groups is 2. The summed E-state index contributed by atoms with van der Waals surface area (Å²) in [6, 6.07) is 17.9. The average molecular weight is 480 g/mol. The number of nitrogens with zero attached hydrogens (tertiary/aromatic N) is 3. The Morgan fingerprint density at radius 2 is 1.68 bits per heavy atom. The number of carbonyl (C=O) groups excluding carboxylic acids is 2. The molecule has 0 aliphatic rings. The molecule has 8 heteroatoms. The molecular formula is C26H33N5O2S. The van der Waals surface area contributed by atoms with Crippen molar-refractivity contribution in [2.75, 3.05) is 12.3 Å². The summed E-state index contributed by atoms with van der Waals surface area (Å²) in [4.78, 5) is 24.2. The second-order valence-electron chi connectivity index (χ2n) is 9.65. The third kappa shape index (κ3) is 7.18. The van der Waals surface area contributed by atoms with Gasteiger partial charge in [-0.05, 0) is 22.5 Å². The zero-order valence-corrected chi connectivity index (χ0v) is 21.3. The van der Waals surface area contributed by atoms with Crippen molar-refractivity contribution in [1.82, 2.24) is 25.4 Å². The molecule has 0 saturated carbocycles. The van der Waals surface area contributed by atoms with E-state index < -0.39 is 6.03 Å². The molecule has 2 N–H and O–H groups in total. The number of rotatable bonds is 8. The van der Waals surface area contributed by atoms with Gasteiger partial charge in [-0.15, -0.1) is 10.2 Å². The first-order valence-corrected chi connectivity index (χ1v) is 12.4. The topological polar surface area (TPSA) is 88.9 Å². The molecule has 0 bridgehead atoms. The second kappa shape index (κ2) is 11.3. The van der Waals surface area contributed by atoms with Crippen molar-refractivity contribution in [1.29, 1.82) is 0 Å². The van der Waals surface area contributed by atoms with Gasteiger partial charge in [0.15, 0.2) is 11.0 Å². The van der Waals surface area contributed by atoms with Gasteiger partial charge in [0.25, 0.3) is 0 Å². The van der Waals surface area contributed by atoms with Gasteiger partial charge in [-0.25, -0.2) is 4.79 Å². The highest BCUT2D eigenvalue weighted by molar-refractivity contribution is 7.99. The predicted octanol–water partition coefficient (Wildman–Crippen LogP) is 4.86. The summed E-state index contributed by atoms with van der Waals surface area (Å²) in [6.45, 7) is 11.6. The van der Waals surface area contributed by atoms with Crippen molar-refractivity contribution in [3.8, 4) is 11.4 Å². The predicted molar refractivity (Wildman–Crippen MR) is 137 cm³/mol. The van der Waals surface area contributed by atoms with Crippen LogP contribution in [0.15, 0.2) is 59.8 Å². The third-order valence-electron chi connectivity index (χ3n) is 5.17. The van der Waals surface area contributed by atoms with Crippen LogP contribution in [0.1, 0.15) is 45.7 Å². The minimum atomic E-state index is -0.482. The lowest BCUT2D eigenvalue weighted by molar-refractivity contribution is -0.117. The van der Waals surface area contributed by atoms with Crippen LogP contribution in [0.3, 0.4) is 0 Å². The van der Waals surface area contributed by atoms with E-state index in [1.807, 2.05) is 48.7 Å². The summed E-state index contributed by atoms with van der Waals surface area (Å²) in [7, 11) is 0. The number of imide groups is 1. The number of thioether (sulfide) groups is 1. The standard InChI is InChI=1S/C26H33N5O2S/c1-18(2)15-27-24(33)28-22(32)17-34-25-30-29-23(31(25)16-19-9-7-6-8-10-19)20-11-13-21(14-12-20)26(3,4)5/h6-14,18H,15-17H2,1-5H3,(H2,27,28,32,33). The smallest absolute Gasteiger partial charge is 0.321 e. The van der Waals surface area contributed by atoms with Gasteiger partial charge >= 0.3 is 6.03 Å². The lowest BCUT2D eigenvalue weighted by Gasteiger charge is -2.19. The SMILES string of the molecule is CC(C)CNC(=O)NC(=O)CSc1nnc(-c2ccc(C(C)(C)C)cc2)n1Cc1ccccc1. The summed E-state index contributed by atoms with van der Waals surface area (Å²) in [5, 5.41) is 14.5. The summed E-state index contributed by atoms with van der Waals surface area (Å²) in [5.74, 6) is 0.728. The van der Waals surface area contributed by atoms with E-state index in [2.05, 4.69) is 65.9 Å². The normalized spacial score (nSPS) is 11.5. The van der Waals surface area contributed by atoms with E-state index in [-0.39, 0.29) is 17.1 Å². The molecule has 0 radical (unpaired) electrons. The molecule has 1 aromatic heterocycles. The number of benzene rings is 2. The summed E-state index contributed by atoms with van der Waals surface area (Å²) >= 11 is 1.26. The van der Waals surface area contributed by atoms with Gasteiger partial charge in [0, 0.05) is 12.1 Å². The van der Waals surface area contributed by atoms with Gasteiger partial charge in [0.1, 0.15) is 0 Å². The molecule has 180 valence electrons. The molecule has 0 saturated heterocycles. The second-order valence-corrected chi connectivity index (χ2v) is 10.6. The lowest BCUT2D eigenvalue weighted by atomic mass is 9.87. The molecule has 3 rings (SSSR count). The Balaban J connectivity index is 1.78. The maximum Gasteiger partial charge on any atom is 0.321 e. The first-order valence-electron chi connectivity index (χ1n) is 11.4. The monoisotopic (exact) mass is 479 g/mol. The van der Waals surface area contributed by atoms with Crippen LogP contribution in [-0.2, 0) is 16.8 Å². The van der Waals surface area contributed by atoms with Gasteiger partial charge in [0.2, 0.25) is 5.91 Å². The quantitative estimate of drug-likeness (QED) is 0.450. The average Bonchev–Trinajstić information content (AvgIpc) is 3.19. The Morgan fingerprint density at radius 3 is 2.29 bits per heavy atom. The highest BCUT2D eigenvalue weighted by Crippen LogP contribution is 2.28. The fraction of sp³-hybridized carbons (Fsp3) is 0.385. The summed E-state index contributed by atoms with van der Waals surface area (Å²) in [5.41, 5.74) is 3.37. The van der Waals surface area contributed by atoms with Gasteiger partial charge in [-0.3, -0.25) is 14.7 Å². The van der Waals surface area contributed by atoms with Crippen molar-refractivity contribution in [2.45, 2.75) is 51.7 Å². The van der Waals surface area contributed by atoms with Crippen molar-refractivity contribution < 1.29 is 9.59 Å². The molecule has 0 aliphatic carbocycles. The molecule has 7 nitrogen and oxygen atoms in total. The summed E-state index contributed by atoms with van der Waals surface area (Å²) in [6.07, 6.45) is 0. The zero-order chi connectivity index (χ0) is 24.7. The molecule has 2 aromatic carbocycles. The van der Waals surface area contributed by atoms with Crippen LogP contribution in [-0.4, -0.2) is 39.0 Å². The Hall–Kier alpha value is -3.13. The number of hydrogen-bond donors (Lipinski definition) is 2. The molecule has 3 amide bonds. The van der Waals surface area contributed by atoms with E-state index in [0.717, 1.165) is 17.0 Å². The van der Waals surface area contributed by atoms with Crippen LogP contribution in [0, 0.1) is 5.92 Å². The van der Waals surface area contributed by atoms with Gasteiger partial charge in [-0.2, -0.15) is 0 Å². The fourth-order valence-corrected chi connectivity index (χ4v) is 4.01. The third-order valence-corrected chi connectivity index (χ3v) is 6.13. The molecular weight excluding hydrogens is 446 g/mol. The molecule has 1 heterocycles. The number of aromatic nitrogens is 3. The van der Waals surface area contributed by atoms with Crippen molar-refractivity contribution in [2.24, 2.45) is 5.92 Å². The van der Waals surface area contributed by atoms with E-state index in [1.54, 1.807) is 0 Å². The highest BCUT2D eigenvalue weighted by atomic mass is 32.2. The van der Waals surface area contributed by atoms with E-state index in [1.165, 1.54) is 17.3 Å². The van der Waals surface area contributed by atoms with Gasteiger partial charge in [0.05, 0.1) is 12.3 Å². The van der Waals surface area contributed by atoms with E-state index >= 15 is 0 Å². The fourth-order valence-electron chi connectivity index (χ4n) is 3.27. The first-order chi connectivity index (χ1) is 16.1. The maximum absolute atomic E-state index is 12.3. The molecule has 0 fully saturated rings. The van der Waals surface area contributed by atoms with Crippen LogP contribution in [0.5, 0.6) is 0 Å². The minimum absolute atomic E-state index is 0.0605. The van der Waals surface area contributed by atoms with E-state index in [9.17, 15) is 9.59 Å². The van der Waals surface area contributed by atoms with Crippen LogP contribution in [0.2, 0.25) is 0 Å². The molecule has 0 spiro atoms. The maximum atomic E-state index is 12.3. The Kier molecular flexibility index (Phi) is 8.50. The van der Waals surface area contributed by atoms with Crippen LogP contribution >= 0.6 is 11.8 Å². The van der Waals surface area contributed by atoms with Crippen LogP contribution in [0.4, 0.5) is 4.79 Å². The van der Waals surface area contributed by atoms with E-state index in [0.29, 0.717) is 24.2 Å². The molecule has 0 aliphatic heterocycles. The number of urea groups is 1. The molecule has 0 unspecified atom stereocenters. The first kappa shape index (κ1) is 25.5. The van der Waals surface area contributed by atoms with Gasteiger partial charge < -0.3 is 5.32 Å². The Morgan fingerprint density at radius 1 is 1.00 bits per heavy atom. The summed E-state index contributed by atoms with van der Waals surface area (Å²) < 4.78 is 2.01. The minimum Gasteiger partial charge on any atom is -0.338 e. The van der Waals surface area contributed by atoms with Crippen LogP contribution in [0.25, 0.3) is 11.4 Å². The van der Waals surface area contributed by atoms with Crippen molar-refractivity contribution in [3.63, 3.8) is 0 Å². The van der Waals surface area contributed by atoms with Crippen LogP contribution < -0.4 is 10.6 Å². The van der Waals surface area contributed by atoms with Gasteiger partial charge in [-0.1, -0.05) is 101 Å². The number of hydrogen-bond acceptors (Lipinski definition) is 5. The molecule has 0 atom stereocenters. The van der Waals surface area contributed by atoms with Crippen molar-refractivity contribution >= 4 is 23.7 Å². The number of nitrogens with one attached hydrogen (secondary N) is 2. The Labute approximate surface area is 205 Å². The van der Waals surface area contributed by atoms with E-state index in [4.69, 9.17) is 0 Å². The number of amides is 3. The lowest BCUT2D eigenvalue weighted by Crippen LogP contribution is -2.41. The Bertz CT molecular complexity index is 1100. The largest absolute Gasteiger partial charge is 0.338 e. The molecule has 3 aromatic rings.